The number of amides is 1. The summed E-state index contributed by atoms with van der Waals surface area (Å²) in [6.45, 7) is -0.118. The molecule has 10 nitrogen and oxygen atoms in total. The molecule has 0 saturated carbocycles. The summed E-state index contributed by atoms with van der Waals surface area (Å²) in [5, 5.41) is 8.90. The van der Waals surface area contributed by atoms with Gasteiger partial charge in [0, 0.05) is 25.2 Å². The van der Waals surface area contributed by atoms with E-state index in [4.69, 9.17) is 14.2 Å². The predicted molar refractivity (Wildman–Crippen MR) is 99.2 cm³/mol. The maximum atomic E-state index is 12.1. The first kappa shape index (κ1) is 19.1. The Bertz CT molecular complexity index is 1050. The number of carbonyl (C=O) groups is 2. The van der Waals surface area contributed by atoms with E-state index in [0.29, 0.717) is 17.1 Å². The third-order valence-corrected chi connectivity index (χ3v) is 4.00. The first-order chi connectivity index (χ1) is 13.5. The zero-order valence-electron chi connectivity index (χ0n) is 15.4. The fraction of sp³-hybridized carbons (Fsp3) is 0.222. The number of aromatic amines is 1. The smallest absolute Gasteiger partial charge is 0.341 e. The Morgan fingerprint density at radius 3 is 2.68 bits per heavy atom. The van der Waals surface area contributed by atoms with Gasteiger partial charge in [-0.05, 0) is 18.2 Å². The molecule has 1 amide bonds. The first-order valence-electron chi connectivity index (χ1n) is 8.14. The molecule has 0 spiro atoms. The molecular formula is C18H18N4O6. The number of fused-ring (bicyclic) bond motifs is 1. The highest BCUT2D eigenvalue weighted by atomic mass is 16.5. The molecule has 1 aromatic rings. The van der Waals surface area contributed by atoms with Crippen LogP contribution in [0.2, 0.25) is 0 Å². The van der Waals surface area contributed by atoms with Crippen molar-refractivity contribution in [3.63, 3.8) is 0 Å². The molecule has 0 aliphatic carbocycles. The standard InChI is InChI=1S/C18H18N4O6/c1-26-9-15(23)19-13-6-10(4-5-14(13)27-2)22-7-11-16(20-21-17(11)24)12(8-22)18(25)28-3/h4-8H,9H2,1-3H3,(H,19,23)(H,21,24). The van der Waals surface area contributed by atoms with Crippen molar-refractivity contribution < 1.29 is 23.8 Å². The van der Waals surface area contributed by atoms with E-state index in [1.54, 1.807) is 22.8 Å². The van der Waals surface area contributed by atoms with Crippen molar-refractivity contribution in [3.8, 4) is 22.7 Å². The van der Waals surface area contributed by atoms with Gasteiger partial charge in [0.2, 0.25) is 5.91 Å². The molecule has 0 fully saturated rings. The van der Waals surface area contributed by atoms with E-state index in [-0.39, 0.29) is 29.3 Å². The molecule has 2 heterocycles. The topological polar surface area (TPSA) is 125 Å². The lowest BCUT2D eigenvalue weighted by atomic mass is 10.1. The summed E-state index contributed by atoms with van der Waals surface area (Å²) in [7, 11) is 4.13. The lowest BCUT2D eigenvalue weighted by Gasteiger charge is -2.15. The molecule has 2 N–H and O–H groups in total. The number of hydrogen-bond donors (Lipinski definition) is 2. The van der Waals surface area contributed by atoms with Crippen LogP contribution >= 0.6 is 0 Å². The zero-order valence-corrected chi connectivity index (χ0v) is 15.4. The lowest BCUT2D eigenvalue weighted by Crippen LogP contribution is -2.18. The van der Waals surface area contributed by atoms with Crippen LogP contribution in [-0.4, -0.2) is 54.6 Å². The van der Waals surface area contributed by atoms with Crippen molar-refractivity contribution in [1.29, 1.82) is 0 Å². The number of esters is 1. The third-order valence-electron chi connectivity index (χ3n) is 4.00. The minimum atomic E-state index is -0.631. The summed E-state index contributed by atoms with van der Waals surface area (Å²) >= 11 is 0. The highest BCUT2D eigenvalue weighted by Gasteiger charge is 2.22. The second-order valence-corrected chi connectivity index (χ2v) is 5.75. The molecule has 0 saturated heterocycles. The van der Waals surface area contributed by atoms with Crippen LogP contribution in [0.4, 0.5) is 5.69 Å². The van der Waals surface area contributed by atoms with Crippen LogP contribution in [-0.2, 0) is 14.3 Å². The van der Waals surface area contributed by atoms with Crippen LogP contribution in [0.25, 0.3) is 16.9 Å². The number of rotatable bonds is 6. The largest absolute Gasteiger partial charge is 0.495 e. The summed E-state index contributed by atoms with van der Waals surface area (Å²) in [5.41, 5.74) is 1.11. The molecule has 0 unspecified atom stereocenters. The van der Waals surface area contributed by atoms with Gasteiger partial charge in [-0.2, -0.15) is 5.10 Å². The molecule has 146 valence electrons. The molecule has 0 atom stereocenters. The van der Waals surface area contributed by atoms with Gasteiger partial charge in [0.15, 0.2) is 0 Å². The number of aromatic nitrogens is 3. The van der Waals surface area contributed by atoms with Gasteiger partial charge >= 0.3 is 5.97 Å². The van der Waals surface area contributed by atoms with E-state index in [2.05, 4.69) is 15.5 Å². The first-order valence-corrected chi connectivity index (χ1v) is 8.14. The summed E-state index contributed by atoms with van der Waals surface area (Å²) in [6, 6.07) is 5.01. The number of nitrogens with one attached hydrogen (secondary N) is 2. The normalized spacial score (nSPS) is 10.7. The highest BCUT2D eigenvalue weighted by molar-refractivity contribution is 5.96. The molecular weight excluding hydrogens is 368 g/mol. The van der Waals surface area contributed by atoms with E-state index >= 15 is 0 Å². The summed E-state index contributed by atoms with van der Waals surface area (Å²) in [6.07, 6.45) is 3.03. The van der Waals surface area contributed by atoms with Gasteiger partial charge in [-0.15, -0.1) is 0 Å². The van der Waals surface area contributed by atoms with Crippen molar-refractivity contribution in [3.05, 3.63) is 46.5 Å². The van der Waals surface area contributed by atoms with Crippen LogP contribution in [0.5, 0.6) is 5.75 Å². The number of pyridine rings is 1. The van der Waals surface area contributed by atoms with E-state index in [1.807, 2.05) is 0 Å². The molecule has 0 bridgehead atoms. The van der Waals surface area contributed by atoms with E-state index in [9.17, 15) is 14.4 Å². The number of H-pyrrole nitrogens is 1. The molecule has 2 aliphatic heterocycles. The van der Waals surface area contributed by atoms with Gasteiger partial charge in [0.05, 0.1) is 25.5 Å². The predicted octanol–water partition coefficient (Wildman–Crippen LogP) is 1.05. The Morgan fingerprint density at radius 2 is 2.00 bits per heavy atom. The van der Waals surface area contributed by atoms with Crippen LogP contribution in [0.3, 0.4) is 0 Å². The monoisotopic (exact) mass is 386 g/mol. The van der Waals surface area contributed by atoms with Gasteiger partial charge < -0.3 is 24.1 Å². The van der Waals surface area contributed by atoms with Crippen LogP contribution < -0.4 is 15.6 Å². The van der Waals surface area contributed by atoms with Crippen molar-refractivity contribution >= 4 is 17.6 Å². The molecule has 10 heteroatoms. The second kappa shape index (κ2) is 7.92. The van der Waals surface area contributed by atoms with Crippen molar-refractivity contribution in [2.24, 2.45) is 0 Å². The maximum absolute atomic E-state index is 12.1. The van der Waals surface area contributed by atoms with Crippen LogP contribution in [0, 0.1) is 0 Å². The van der Waals surface area contributed by atoms with Crippen LogP contribution in [0.1, 0.15) is 10.4 Å². The van der Waals surface area contributed by atoms with E-state index in [1.165, 1.54) is 33.7 Å². The van der Waals surface area contributed by atoms with Crippen molar-refractivity contribution in [2.45, 2.75) is 0 Å². The number of hydrogen-bond acceptors (Lipinski definition) is 7. The Labute approximate surface area is 159 Å². The van der Waals surface area contributed by atoms with Crippen molar-refractivity contribution in [2.75, 3.05) is 33.3 Å². The fourth-order valence-electron chi connectivity index (χ4n) is 2.72. The van der Waals surface area contributed by atoms with Gasteiger partial charge in [-0.25, -0.2) is 9.89 Å². The average molecular weight is 386 g/mol. The molecule has 0 aromatic heterocycles. The molecule has 1 aromatic carbocycles. The average Bonchev–Trinajstić information content (AvgIpc) is 3.07. The number of anilines is 1. The van der Waals surface area contributed by atoms with Gasteiger partial charge in [-0.1, -0.05) is 0 Å². The molecule has 0 radical (unpaired) electrons. The minimum absolute atomic E-state index is 0.118. The Hall–Kier alpha value is -3.66. The molecule has 3 rings (SSSR count). The number of carbonyl (C=O) groups excluding carboxylic acids is 2. The Balaban J connectivity index is 2.12. The number of methoxy groups -OCH3 is 3. The highest BCUT2D eigenvalue weighted by Crippen LogP contribution is 2.29. The van der Waals surface area contributed by atoms with Gasteiger partial charge in [-0.3, -0.25) is 9.59 Å². The molecule has 28 heavy (non-hydrogen) atoms. The second-order valence-electron chi connectivity index (χ2n) is 5.75. The van der Waals surface area contributed by atoms with Crippen molar-refractivity contribution in [1.82, 2.24) is 14.8 Å². The quantitative estimate of drug-likeness (QED) is 0.607. The van der Waals surface area contributed by atoms with Gasteiger partial charge in [0.1, 0.15) is 23.6 Å². The summed E-state index contributed by atoms with van der Waals surface area (Å²) < 4.78 is 16.4. The number of benzene rings is 1. The SMILES string of the molecule is COCC(=O)Nc1cc(-n2cc(C(=O)OC)c3n[nH]c(=O)c-3c2)ccc1OC. The van der Waals surface area contributed by atoms with E-state index in [0.717, 1.165) is 0 Å². The Kier molecular flexibility index (Phi) is 5.41. The van der Waals surface area contributed by atoms with Gasteiger partial charge in [0.25, 0.3) is 5.56 Å². The maximum Gasteiger partial charge on any atom is 0.341 e. The minimum Gasteiger partial charge on any atom is -0.495 e. The Morgan fingerprint density at radius 1 is 1.21 bits per heavy atom. The zero-order chi connectivity index (χ0) is 20.3. The lowest BCUT2D eigenvalue weighted by molar-refractivity contribution is -0.119. The molecule has 2 aliphatic rings. The number of nitrogens with zero attached hydrogens (tertiary/aromatic N) is 2. The number of ether oxygens (including phenoxy) is 3. The summed E-state index contributed by atoms with van der Waals surface area (Å²) in [5.74, 6) is -0.547. The summed E-state index contributed by atoms with van der Waals surface area (Å²) in [4.78, 5) is 36.0. The fourth-order valence-corrected chi connectivity index (χ4v) is 2.72. The van der Waals surface area contributed by atoms with Crippen LogP contribution in [0.15, 0.2) is 35.4 Å². The third kappa shape index (κ3) is 3.58. The van der Waals surface area contributed by atoms with E-state index < -0.39 is 11.5 Å².